The minimum atomic E-state index is -0.900. The minimum Gasteiger partial charge on any atom is -0.465 e. The number of hydrogen-bond acceptors (Lipinski definition) is 7. The number of carbonyl (C=O) groups excluding carboxylic acids is 3. The number of esters is 2. The third kappa shape index (κ3) is 4.91. The maximum Gasteiger partial charge on any atom is 0.316 e. The summed E-state index contributed by atoms with van der Waals surface area (Å²) >= 11 is 0. The molecular weight excluding hydrogens is 302 g/mol. The maximum atomic E-state index is 12.7. The first kappa shape index (κ1) is 18.9. The Labute approximate surface area is 135 Å². The number of rotatable bonds is 7. The van der Waals surface area contributed by atoms with E-state index in [2.05, 4.69) is 5.16 Å². The molecular formula is C16H23NO6. The number of ether oxygens (including phenoxy) is 2. The van der Waals surface area contributed by atoms with Crippen molar-refractivity contribution in [1.29, 1.82) is 0 Å². The molecule has 0 N–H and O–H groups in total. The van der Waals surface area contributed by atoms with Crippen molar-refractivity contribution in [1.82, 2.24) is 0 Å². The molecule has 0 heterocycles. The fourth-order valence-electron chi connectivity index (χ4n) is 2.32. The molecule has 1 unspecified atom stereocenters. The number of hydrogen-bond donors (Lipinski definition) is 0. The lowest BCUT2D eigenvalue weighted by molar-refractivity contribution is -0.151. The summed E-state index contributed by atoms with van der Waals surface area (Å²) in [6.07, 6.45) is 0.937. The molecule has 0 bridgehead atoms. The van der Waals surface area contributed by atoms with E-state index in [1.165, 1.54) is 6.92 Å². The summed E-state index contributed by atoms with van der Waals surface area (Å²) in [6.45, 7) is 7.05. The fourth-order valence-corrected chi connectivity index (χ4v) is 2.32. The largest absolute Gasteiger partial charge is 0.465 e. The maximum absolute atomic E-state index is 12.7. The van der Waals surface area contributed by atoms with E-state index in [4.69, 9.17) is 14.3 Å². The number of allylic oxidation sites excluding steroid dienone is 2. The van der Waals surface area contributed by atoms with Gasteiger partial charge in [0.1, 0.15) is 18.3 Å². The molecule has 0 saturated heterocycles. The van der Waals surface area contributed by atoms with Gasteiger partial charge < -0.3 is 14.3 Å². The molecule has 0 radical (unpaired) electrons. The lowest BCUT2D eigenvalue weighted by atomic mass is 9.83. The quantitative estimate of drug-likeness (QED) is 0.308. The lowest BCUT2D eigenvalue weighted by Crippen LogP contribution is -2.34. The third-order valence-electron chi connectivity index (χ3n) is 3.27. The van der Waals surface area contributed by atoms with Crippen LogP contribution >= 0.6 is 0 Å². The Morgan fingerprint density at radius 1 is 1.22 bits per heavy atom. The summed E-state index contributed by atoms with van der Waals surface area (Å²) in [7, 11) is 0. The van der Waals surface area contributed by atoms with E-state index in [1.807, 2.05) is 0 Å². The first-order chi connectivity index (χ1) is 11.0. The topological polar surface area (TPSA) is 91.3 Å². The highest BCUT2D eigenvalue weighted by molar-refractivity contribution is 6.27. The Morgan fingerprint density at radius 3 is 2.43 bits per heavy atom. The van der Waals surface area contributed by atoms with Crippen LogP contribution in [0, 0.1) is 5.92 Å². The molecule has 1 rings (SSSR count). The van der Waals surface area contributed by atoms with E-state index in [0.29, 0.717) is 18.7 Å². The van der Waals surface area contributed by atoms with Crippen molar-refractivity contribution in [3.05, 3.63) is 11.3 Å². The Balaban J connectivity index is 3.24. The summed E-state index contributed by atoms with van der Waals surface area (Å²) in [5, 5.41) is 3.93. The van der Waals surface area contributed by atoms with E-state index in [9.17, 15) is 14.4 Å². The monoisotopic (exact) mass is 325 g/mol. The van der Waals surface area contributed by atoms with Gasteiger partial charge in [-0.05, 0) is 26.7 Å². The van der Waals surface area contributed by atoms with Crippen LogP contribution in [0.1, 0.15) is 47.0 Å². The van der Waals surface area contributed by atoms with Crippen LogP contribution in [0.25, 0.3) is 0 Å². The van der Waals surface area contributed by atoms with Gasteiger partial charge >= 0.3 is 11.9 Å². The van der Waals surface area contributed by atoms with Crippen molar-refractivity contribution in [3.8, 4) is 0 Å². The van der Waals surface area contributed by atoms with Gasteiger partial charge in [-0.1, -0.05) is 12.1 Å². The van der Waals surface area contributed by atoms with Crippen LogP contribution in [0.5, 0.6) is 0 Å². The zero-order valence-electron chi connectivity index (χ0n) is 14.0. The highest BCUT2D eigenvalue weighted by Gasteiger charge is 2.38. The third-order valence-corrected chi connectivity index (χ3v) is 3.27. The summed E-state index contributed by atoms with van der Waals surface area (Å²) in [5.74, 6) is -2.19. The zero-order valence-corrected chi connectivity index (χ0v) is 14.0. The smallest absolute Gasteiger partial charge is 0.316 e. The second kappa shape index (κ2) is 9.07. The van der Waals surface area contributed by atoms with Gasteiger partial charge in [-0.2, -0.15) is 0 Å². The minimum absolute atomic E-state index is 0.153. The predicted molar refractivity (Wildman–Crippen MR) is 82.5 cm³/mol. The fraction of sp³-hybridized carbons (Fsp3) is 0.625. The first-order valence-corrected chi connectivity index (χ1v) is 7.77. The van der Waals surface area contributed by atoms with E-state index in [0.717, 1.165) is 0 Å². The van der Waals surface area contributed by atoms with Crippen LogP contribution in [-0.4, -0.2) is 36.6 Å². The SMILES string of the molecule is CCO/N=C(/CC)C1=C(OC(C)=O)CCC(C(=O)OCC)C1=O. The molecule has 0 spiro atoms. The second-order valence-electron chi connectivity index (χ2n) is 4.91. The zero-order chi connectivity index (χ0) is 17.4. The van der Waals surface area contributed by atoms with Crippen molar-refractivity contribution in [2.24, 2.45) is 11.1 Å². The van der Waals surface area contributed by atoms with E-state index < -0.39 is 23.6 Å². The standard InChI is InChI=1S/C16H23NO6/c1-5-12(17-22-7-3)14-13(23-10(4)18)9-8-11(15(14)19)16(20)21-6-2/h11H,5-9H2,1-4H3/b17-12-. The van der Waals surface area contributed by atoms with Crippen molar-refractivity contribution < 1.29 is 28.7 Å². The molecule has 7 nitrogen and oxygen atoms in total. The molecule has 128 valence electrons. The van der Waals surface area contributed by atoms with Crippen molar-refractivity contribution in [3.63, 3.8) is 0 Å². The molecule has 0 aliphatic heterocycles. The number of oxime groups is 1. The van der Waals surface area contributed by atoms with E-state index >= 15 is 0 Å². The molecule has 0 amide bonds. The summed E-state index contributed by atoms with van der Waals surface area (Å²) < 4.78 is 10.1. The van der Waals surface area contributed by atoms with Gasteiger partial charge in [-0.15, -0.1) is 0 Å². The van der Waals surface area contributed by atoms with Crippen LogP contribution < -0.4 is 0 Å². The van der Waals surface area contributed by atoms with Crippen LogP contribution in [-0.2, 0) is 28.7 Å². The molecule has 1 atom stereocenters. The van der Waals surface area contributed by atoms with E-state index in [1.54, 1.807) is 20.8 Å². The Bertz CT molecular complexity index is 535. The lowest BCUT2D eigenvalue weighted by Gasteiger charge is -2.24. The van der Waals surface area contributed by atoms with Gasteiger partial charge in [-0.3, -0.25) is 14.4 Å². The van der Waals surface area contributed by atoms with Gasteiger partial charge in [0, 0.05) is 13.3 Å². The van der Waals surface area contributed by atoms with Crippen LogP contribution in [0.3, 0.4) is 0 Å². The highest BCUT2D eigenvalue weighted by atomic mass is 16.6. The normalized spacial score (nSPS) is 18.7. The molecule has 1 aliphatic rings. The number of ketones is 1. The molecule has 0 aromatic rings. The number of nitrogens with zero attached hydrogens (tertiary/aromatic N) is 1. The molecule has 0 aromatic carbocycles. The molecule has 7 heteroatoms. The summed E-state index contributed by atoms with van der Waals surface area (Å²) in [4.78, 5) is 41.0. The molecule has 0 saturated carbocycles. The number of Topliss-reactive ketones (excluding diaryl/α,β-unsaturated/α-hetero) is 1. The Hall–Kier alpha value is -2.18. The number of carbonyl (C=O) groups is 3. The van der Waals surface area contributed by atoms with Gasteiger partial charge in [0.05, 0.1) is 17.9 Å². The van der Waals surface area contributed by atoms with Gasteiger partial charge in [0.15, 0.2) is 5.78 Å². The second-order valence-corrected chi connectivity index (χ2v) is 4.91. The van der Waals surface area contributed by atoms with Crippen molar-refractivity contribution in [2.75, 3.05) is 13.2 Å². The van der Waals surface area contributed by atoms with Crippen molar-refractivity contribution >= 4 is 23.4 Å². The average molecular weight is 325 g/mol. The van der Waals surface area contributed by atoms with Gasteiger partial charge in [-0.25, -0.2) is 0 Å². The van der Waals surface area contributed by atoms with Crippen LogP contribution in [0.15, 0.2) is 16.5 Å². The first-order valence-electron chi connectivity index (χ1n) is 7.77. The Kier molecular flexibility index (Phi) is 7.44. The van der Waals surface area contributed by atoms with Crippen molar-refractivity contribution in [2.45, 2.75) is 47.0 Å². The van der Waals surface area contributed by atoms with E-state index in [-0.39, 0.29) is 30.8 Å². The molecule has 23 heavy (non-hydrogen) atoms. The summed E-state index contributed by atoms with van der Waals surface area (Å²) in [6, 6.07) is 0. The molecule has 1 aliphatic carbocycles. The van der Waals surface area contributed by atoms with Crippen LogP contribution in [0.2, 0.25) is 0 Å². The Morgan fingerprint density at radius 2 is 1.91 bits per heavy atom. The van der Waals surface area contributed by atoms with Gasteiger partial charge in [0.2, 0.25) is 0 Å². The molecule has 0 fully saturated rings. The highest BCUT2D eigenvalue weighted by Crippen LogP contribution is 2.30. The average Bonchev–Trinajstić information content (AvgIpc) is 2.49. The van der Waals surface area contributed by atoms with Crippen LogP contribution in [0.4, 0.5) is 0 Å². The summed E-state index contributed by atoms with van der Waals surface area (Å²) in [5.41, 5.74) is 0.516. The predicted octanol–water partition coefficient (Wildman–Crippen LogP) is 2.15. The molecule has 0 aromatic heterocycles. The van der Waals surface area contributed by atoms with Gasteiger partial charge in [0.25, 0.3) is 0 Å².